The van der Waals surface area contributed by atoms with Crippen molar-refractivity contribution in [2.24, 2.45) is 0 Å². The summed E-state index contributed by atoms with van der Waals surface area (Å²) in [5.41, 5.74) is 4.38. The zero-order valence-electron chi connectivity index (χ0n) is 25.6. The Kier molecular flexibility index (Phi) is 7.93. The highest BCUT2D eigenvalue weighted by molar-refractivity contribution is 5.87. The third-order valence-electron chi connectivity index (χ3n) is 8.40. The summed E-state index contributed by atoms with van der Waals surface area (Å²) in [4.78, 5) is 9.97. The topological polar surface area (TPSA) is 122 Å². The SMILES string of the molecule is COc1ccc2c(c1OC)CN1CCc3cc4c(cc3C1=C2)OCO4.OC(Cn1cncn1)(Cn1cncn1)c1ccc(F)cc1F. The smallest absolute Gasteiger partial charge is 0.231 e. The number of aromatic nitrogens is 6. The molecule has 1 N–H and O–H groups in total. The van der Waals surface area contributed by atoms with E-state index >= 15 is 0 Å². The molecule has 0 atom stereocenters. The summed E-state index contributed by atoms with van der Waals surface area (Å²) in [5, 5.41) is 18.8. The summed E-state index contributed by atoms with van der Waals surface area (Å²) >= 11 is 0. The summed E-state index contributed by atoms with van der Waals surface area (Å²) in [6, 6.07) is 11.3. The van der Waals surface area contributed by atoms with Gasteiger partial charge in [-0.3, -0.25) is 0 Å². The second kappa shape index (κ2) is 12.4. The van der Waals surface area contributed by atoms with E-state index in [2.05, 4.69) is 49.3 Å². The Morgan fingerprint density at radius 2 is 1.64 bits per heavy atom. The molecule has 3 aliphatic rings. The molecule has 0 saturated carbocycles. The van der Waals surface area contributed by atoms with E-state index in [1.807, 2.05) is 6.07 Å². The van der Waals surface area contributed by atoms with Crippen LogP contribution < -0.4 is 18.9 Å². The maximum absolute atomic E-state index is 14.1. The van der Waals surface area contributed by atoms with Gasteiger partial charge in [-0.1, -0.05) is 12.1 Å². The molecule has 3 aliphatic heterocycles. The Labute approximate surface area is 268 Å². The van der Waals surface area contributed by atoms with Crippen molar-refractivity contribution in [3.8, 4) is 23.0 Å². The second-order valence-electron chi connectivity index (χ2n) is 11.3. The van der Waals surface area contributed by atoms with Crippen molar-refractivity contribution in [1.82, 2.24) is 34.4 Å². The zero-order valence-corrected chi connectivity index (χ0v) is 25.6. The molecule has 12 nitrogen and oxygen atoms in total. The summed E-state index contributed by atoms with van der Waals surface area (Å²) in [5.74, 6) is 1.73. The minimum absolute atomic E-state index is 0.0556. The molecule has 242 valence electrons. The van der Waals surface area contributed by atoms with Crippen molar-refractivity contribution in [2.75, 3.05) is 27.6 Å². The Balaban J connectivity index is 0.000000151. The summed E-state index contributed by atoms with van der Waals surface area (Å²) in [6.45, 7) is 1.94. The highest BCUT2D eigenvalue weighted by atomic mass is 19.1. The molecule has 5 aromatic rings. The highest BCUT2D eigenvalue weighted by Gasteiger charge is 2.35. The largest absolute Gasteiger partial charge is 0.493 e. The minimum Gasteiger partial charge on any atom is -0.493 e. The number of ether oxygens (including phenoxy) is 4. The van der Waals surface area contributed by atoms with Crippen LogP contribution in [0.1, 0.15) is 27.8 Å². The molecule has 0 bridgehead atoms. The fourth-order valence-corrected chi connectivity index (χ4v) is 6.20. The summed E-state index contributed by atoms with van der Waals surface area (Å²) < 4.78 is 52.1. The molecule has 47 heavy (non-hydrogen) atoms. The maximum atomic E-state index is 14.1. The van der Waals surface area contributed by atoms with Crippen molar-refractivity contribution >= 4 is 11.8 Å². The van der Waals surface area contributed by atoms with Gasteiger partial charge in [0.1, 0.15) is 42.5 Å². The number of halogens is 2. The third kappa shape index (κ3) is 5.83. The number of hydrogen-bond acceptors (Lipinski definition) is 10. The Morgan fingerprint density at radius 3 is 2.28 bits per heavy atom. The predicted molar refractivity (Wildman–Crippen MR) is 164 cm³/mol. The van der Waals surface area contributed by atoms with Crippen LogP contribution in [0.25, 0.3) is 11.8 Å². The van der Waals surface area contributed by atoms with E-state index in [4.69, 9.17) is 18.9 Å². The molecule has 0 amide bonds. The molecule has 0 fully saturated rings. The zero-order chi connectivity index (χ0) is 32.5. The van der Waals surface area contributed by atoms with Crippen molar-refractivity contribution in [2.45, 2.75) is 31.7 Å². The molecule has 0 saturated heterocycles. The van der Waals surface area contributed by atoms with Crippen LogP contribution in [0.4, 0.5) is 8.78 Å². The first-order valence-electron chi connectivity index (χ1n) is 14.8. The average Bonchev–Trinajstić information content (AvgIpc) is 3.86. The molecule has 0 spiro atoms. The number of benzene rings is 3. The second-order valence-corrected chi connectivity index (χ2v) is 11.3. The Morgan fingerprint density at radius 1 is 0.915 bits per heavy atom. The van der Waals surface area contributed by atoms with Gasteiger partial charge in [0.25, 0.3) is 0 Å². The Hall–Kier alpha value is -5.50. The van der Waals surface area contributed by atoms with Gasteiger partial charge < -0.3 is 29.0 Å². The van der Waals surface area contributed by atoms with Gasteiger partial charge in [-0.15, -0.1) is 0 Å². The predicted octanol–water partition coefficient (Wildman–Crippen LogP) is 4.04. The number of fused-ring (bicyclic) bond motifs is 5. The quantitative estimate of drug-likeness (QED) is 0.278. The van der Waals surface area contributed by atoms with Crippen molar-refractivity contribution in [1.29, 1.82) is 0 Å². The number of aliphatic hydroxyl groups is 1. The molecular weight excluding hydrogens is 612 g/mol. The van der Waals surface area contributed by atoms with E-state index in [0.717, 1.165) is 54.6 Å². The molecule has 3 aromatic carbocycles. The third-order valence-corrected chi connectivity index (χ3v) is 8.40. The average molecular weight is 644 g/mol. The van der Waals surface area contributed by atoms with Crippen LogP contribution in [0.15, 0.2) is 67.8 Å². The lowest BCUT2D eigenvalue weighted by Crippen LogP contribution is -2.37. The lowest BCUT2D eigenvalue weighted by Gasteiger charge is -2.37. The van der Waals surface area contributed by atoms with Crippen LogP contribution in [0.5, 0.6) is 23.0 Å². The van der Waals surface area contributed by atoms with E-state index in [1.54, 1.807) is 14.2 Å². The van der Waals surface area contributed by atoms with Gasteiger partial charge in [0.05, 0.1) is 27.3 Å². The minimum atomic E-state index is -1.70. The van der Waals surface area contributed by atoms with E-state index in [1.165, 1.54) is 68.7 Å². The number of nitrogens with zero attached hydrogens (tertiary/aromatic N) is 7. The Bertz CT molecular complexity index is 1900. The van der Waals surface area contributed by atoms with Gasteiger partial charge in [-0.2, -0.15) is 10.2 Å². The molecule has 0 radical (unpaired) electrons. The number of rotatable bonds is 7. The van der Waals surface area contributed by atoms with Gasteiger partial charge in [-0.25, -0.2) is 28.1 Å². The first kappa shape index (κ1) is 30.2. The first-order valence-corrected chi connectivity index (χ1v) is 14.8. The van der Waals surface area contributed by atoms with Crippen molar-refractivity contribution in [3.63, 3.8) is 0 Å². The summed E-state index contributed by atoms with van der Waals surface area (Å²) in [6.07, 6.45) is 8.63. The van der Waals surface area contributed by atoms with E-state index in [0.29, 0.717) is 6.79 Å². The molecule has 0 aliphatic carbocycles. The molecule has 5 heterocycles. The molecule has 8 rings (SSSR count). The van der Waals surface area contributed by atoms with Gasteiger partial charge in [-0.05, 0) is 47.9 Å². The molecule has 2 aromatic heterocycles. The van der Waals surface area contributed by atoms with Crippen LogP contribution in [-0.4, -0.2) is 67.1 Å². The van der Waals surface area contributed by atoms with Crippen LogP contribution in [-0.2, 0) is 31.7 Å². The van der Waals surface area contributed by atoms with Gasteiger partial charge in [0, 0.05) is 41.5 Å². The lowest BCUT2D eigenvalue weighted by atomic mass is 9.90. The van der Waals surface area contributed by atoms with Crippen molar-refractivity contribution < 1.29 is 32.8 Å². The fourth-order valence-electron chi connectivity index (χ4n) is 6.20. The van der Waals surface area contributed by atoms with E-state index in [-0.39, 0.29) is 18.7 Å². The normalized spacial score (nSPS) is 14.3. The molecular formula is C33H31F2N7O5. The maximum Gasteiger partial charge on any atom is 0.231 e. The number of methoxy groups -OCH3 is 2. The van der Waals surface area contributed by atoms with E-state index in [9.17, 15) is 13.9 Å². The van der Waals surface area contributed by atoms with Gasteiger partial charge >= 0.3 is 0 Å². The molecule has 14 heteroatoms. The van der Waals surface area contributed by atoms with E-state index < -0.39 is 17.2 Å². The first-order chi connectivity index (χ1) is 22.8. The van der Waals surface area contributed by atoms with Crippen LogP contribution >= 0.6 is 0 Å². The lowest BCUT2D eigenvalue weighted by molar-refractivity contribution is -0.00856. The fraction of sp³-hybridized carbons (Fsp3) is 0.273. The highest BCUT2D eigenvalue weighted by Crippen LogP contribution is 2.45. The van der Waals surface area contributed by atoms with Crippen LogP contribution in [0, 0.1) is 11.6 Å². The molecule has 0 unspecified atom stereocenters. The van der Waals surface area contributed by atoms with Gasteiger partial charge in [0.15, 0.2) is 23.0 Å². The number of hydrogen-bond donors (Lipinski definition) is 1. The standard InChI is InChI=1S/C20H19NO4.C13H12F2N6O/c1-22-17-4-3-12-7-16-14-9-19-18(24-11-25-19)8-13(14)5-6-21(16)10-15(12)20(17)23-2;14-10-1-2-11(12(15)3-10)13(22,4-20-8-16-6-18-20)5-21-9-17-7-19-21/h3-4,7-9H,5-6,10-11H2,1-2H3;1-3,6-9,22H,4-5H2. The van der Waals surface area contributed by atoms with Gasteiger partial charge in [0.2, 0.25) is 6.79 Å². The van der Waals surface area contributed by atoms with Crippen LogP contribution in [0.2, 0.25) is 0 Å². The van der Waals surface area contributed by atoms with Crippen LogP contribution in [0.3, 0.4) is 0 Å². The van der Waals surface area contributed by atoms with Crippen molar-refractivity contribution in [3.05, 3.63) is 107 Å². The monoisotopic (exact) mass is 643 g/mol. The summed E-state index contributed by atoms with van der Waals surface area (Å²) in [7, 11) is 3.37.